The van der Waals surface area contributed by atoms with Gasteiger partial charge >= 0.3 is 0 Å². The Kier molecular flexibility index (Phi) is 15.8. The molecule has 0 bridgehead atoms. The largest absolute Gasteiger partial charge is 0.0683 e. The molecule has 0 heteroatoms. The van der Waals surface area contributed by atoms with E-state index in [9.17, 15) is 0 Å². The van der Waals surface area contributed by atoms with Gasteiger partial charge in [-0.3, -0.25) is 0 Å². The van der Waals surface area contributed by atoms with Gasteiger partial charge in [0, 0.05) is 22.3 Å². The van der Waals surface area contributed by atoms with Crippen LogP contribution in [0.15, 0.2) is 109 Å². The molecule has 0 amide bonds. The fourth-order valence-corrected chi connectivity index (χ4v) is 3.71. The minimum atomic E-state index is 1.01. The Morgan fingerprint density at radius 1 is 0.289 bits per heavy atom. The third-order valence-electron chi connectivity index (χ3n) is 5.14. The van der Waals surface area contributed by atoms with Crippen molar-refractivity contribution in [1.29, 1.82) is 0 Å². The molecule has 0 radical (unpaired) electrons. The van der Waals surface area contributed by atoms with Crippen LogP contribution in [-0.2, 0) is 0 Å². The Morgan fingerprint density at radius 3 is 0.789 bits per heavy atom. The van der Waals surface area contributed by atoms with Crippen LogP contribution in [0.1, 0.15) is 77.6 Å². The molecule has 0 atom stereocenters. The van der Waals surface area contributed by atoms with Crippen molar-refractivity contribution in [3.05, 3.63) is 131 Å². The van der Waals surface area contributed by atoms with Crippen molar-refractivity contribution >= 4 is 21.5 Å². The van der Waals surface area contributed by atoms with Crippen molar-refractivity contribution in [2.75, 3.05) is 0 Å². The summed E-state index contributed by atoms with van der Waals surface area (Å²) >= 11 is 0. The minimum absolute atomic E-state index is 1.01. The van der Waals surface area contributed by atoms with Crippen molar-refractivity contribution < 1.29 is 0 Å². The summed E-state index contributed by atoms with van der Waals surface area (Å²) in [6.45, 7) is 16.0. The molecular formula is C38H42. The van der Waals surface area contributed by atoms with Crippen molar-refractivity contribution in [3.63, 3.8) is 0 Å². The van der Waals surface area contributed by atoms with Crippen molar-refractivity contribution in [2.24, 2.45) is 0 Å². The third-order valence-corrected chi connectivity index (χ3v) is 5.14. The van der Waals surface area contributed by atoms with Crippen LogP contribution in [0.4, 0.5) is 0 Å². The highest BCUT2D eigenvalue weighted by molar-refractivity contribution is 6.09. The summed E-state index contributed by atoms with van der Waals surface area (Å²) < 4.78 is 0. The van der Waals surface area contributed by atoms with Gasteiger partial charge in [0.15, 0.2) is 0 Å². The average molecular weight is 499 g/mol. The first-order valence-electron chi connectivity index (χ1n) is 14.0. The normalized spacial score (nSPS) is 8.63. The Bertz CT molecular complexity index is 1300. The van der Waals surface area contributed by atoms with E-state index < -0.39 is 0 Å². The first-order chi connectivity index (χ1) is 18.9. The lowest BCUT2D eigenvalue weighted by molar-refractivity contribution is 1.50. The van der Waals surface area contributed by atoms with Crippen LogP contribution < -0.4 is 0 Å². The van der Waals surface area contributed by atoms with Crippen LogP contribution in [-0.4, -0.2) is 0 Å². The third kappa shape index (κ3) is 8.40. The highest BCUT2D eigenvalue weighted by Crippen LogP contribution is 2.32. The standard InChI is InChI=1S/C30H18.4C2H6/c1-3-11-23(12-4-1)19-21-29-25-15-7-9-17-27(25)30(28-18-10-8-16-26(28)29)22-20-24-13-5-2-6-14-24;4*1-2/h1-18H;4*1-2H3. The van der Waals surface area contributed by atoms with Gasteiger partial charge in [0.2, 0.25) is 0 Å². The zero-order valence-corrected chi connectivity index (χ0v) is 24.4. The quantitative estimate of drug-likeness (QED) is 0.147. The maximum atomic E-state index is 3.45. The van der Waals surface area contributed by atoms with E-state index in [-0.39, 0.29) is 0 Å². The van der Waals surface area contributed by atoms with Gasteiger partial charge in [-0.05, 0) is 45.8 Å². The second-order valence-corrected chi connectivity index (χ2v) is 7.07. The zero-order valence-electron chi connectivity index (χ0n) is 24.4. The Balaban J connectivity index is 0.000000829. The lowest BCUT2D eigenvalue weighted by Gasteiger charge is -2.10. The van der Waals surface area contributed by atoms with Crippen molar-refractivity contribution in [2.45, 2.75) is 55.4 Å². The number of hydrogen-bond donors (Lipinski definition) is 0. The highest BCUT2D eigenvalue weighted by Gasteiger charge is 2.11. The summed E-state index contributed by atoms with van der Waals surface area (Å²) in [5, 5.41) is 4.54. The Morgan fingerprint density at radius 2 is 0.526 bits per heavy atom. The van der Waals surface area contributed by atoms with Gasteiger partial charge in [0.25, 0.3) is 0 Å². The van der Waals surface area contributed by atoms with Gasteiger partial charge in [-0.2, -0.15) is 0 Å². The first-order valence-corrected chi connectivity index (χ1v) is 14.0. The molecule has 0 nitrogen and oxygen atoms in total. The van der Waals surface area contributed by atoms with Gasteiger partial charge in [-0.15, -0.1) is 0 Å². The Labute approximate surface area is 231 Å². The predicted molar refractivity (Wildman–Crippen MR) is 172 cm³/mol. The van der Waals surface area contributed by atoms with E-state index in [0.29, 0.717) is 0 Å². The smallest absolute Gasteiger partial charge is 0.0406 e. The number of fused-ring (bicyclic) bond motifs is 2. The van der Waals surface area contributed by atoms with E-state index in [1.54, 1.807) is 0 Å². The predicted octanol–water partition coefficient (Wildman–Crippen LogP) is 10.9. The second-order valence-electron chi connectivity index (χ2n) is 7.07. The number of rotatable bonds is 0. The molecule has 0 aromatic heterocycles. The molecule has 0 aliphatic carbocycles. The summed E-state index contributed by atoms with van der Waals surface area (Å²) in [5.74, 6) is 13.6. The lowest BCUT2D eigenvalue weighted by Crippen LogP contribution is -1.90. The van der Waals surface area contributed by atoms with Crippen molar-refractivity contribution in [3.8, 4) is 23.7 Å². The van der Waals surface area contributed by atoms with E-state index >= 15 is 0 Å². The molecule has 5 aromatic carbocycles. The van der Waals surface area contributed by atoms with Gasteiger partial charge in [0.1, 0.15) is 0 Å². The second kappa shape index (κ2) is 18.9. The fraction of sp³-hybridized carbons (Fsp3) is 0.211. The molecule has 5 rings (SSSR count). The van der Waals surface area contributed by atoms with Gasteiger partial charge in [-0.1, -0.05) is 164 Å². The molecule has 5 aromatic rings. The summed E-state index contributed by atoms with van der Waals surface area (Å²) in [5.41, 5.74) is 4.13. The molecule has 0 heterocycles. The molecular weight excluding hydrogens is 456 g/mol. The molecule has 194 valence electrons. The SMILES string of the molecule is C(#Cc1c2ccccc2c(C#Cc2ccccc2)c2ccccc12)c1ccccc1.CC.CC.CC.CC. The van der Waals surface area contributed by atoms with E-state index in [2.05, 4.69) is 72.2 Å². The van der Waals surface area contributed by atoms with E-state index in [1.165, 1.54) is 0 Å². The maximum absolute atomic E-state index is 3.45. The summed E-state index contributed by atoms with van der Waals surface area (Å²) in [7, 11) is 0. The topological polar surface area (TPSA) is 0 Å². The van der Waals surface area contributed by atoms with Crippen LogP contribution in [0, 0.1) is 23.7 Å². The molecule has 0 aliphatic rings. The molecule has 0 fully saturated rings. The van der Waals surface area contributed by atoms with Crippen LogP contribution in [0.25, 0.3) is 21.5 Å². The molecule has 38 heavy (non-hydrogen) atoms. The molecule has 0 saturated heterocycles. The van der Waals surface area contributed by atoms with E-state index in [1.807, 2.05) is 116 Å². The van der Waals surface area contributed by atoms with Crippen molar-refractivity contribution in [1.82, 2.24) is 0 Å². The van der Waals surface area contributed by atoms with Crippen LogP contribution in [0.3, 0.4) is 0 Å². The molecule has 0 unspecified atom stereocenters. The summed E-state index contributed by atoms with van der Waals surface area (Å²) in [6.07, 6.45) is 0. The van der Waals surface area contributed by atoms with Crippen LogP contribution in [0.2, 0.25) is 0 Å². The molecule has 0 N–H and O–H groups in total. The minimum Gasteiger partial charge on any atom is -0.0683 e. The number of hydrogen-bond acceptors (Lipinski definition) is 0. The monoisotopic (exact) mass is 498 g/mol. The Hall–Kier alpha value is -4.26. The summed E-state index contributed by atoms with van der Waals surface area (Å²) in [4.78, 5) is 0. The zero-order chi connectivity index (χ0) is 28.2. The van der Waals surface area contributed by atoms with E-state index in [4.69, 9.17) is 0 Å². The highest BCUT2D eigenvalue weighted by atomic mass is 14.1. The first kappa shape index (κ1) is 31.8. The maximum Gasteiger partial charge on any atom is 0.0406 e. The summed E-state index contributed by atoms with van der Waals surface area (Å²) in [6, 6.07) is 37.1. The number of benzene rings is 5. The molecule has 0 aliphatic heterocycles. The van der Waals surface area contributed by atoms with Crippen LogP contribution >= 0.6 is 0 Å². The lowest BCUT2D eigenvalue weighted by atomic mass is 9.92. The van der Waals surface area contributed by atoms with Gasteiger partial charge in [-0.25, -0.2) is 0 Å². The molecule has 0 saturated carbocycles. The van der Waals surface area contributed by atoms with E-state index in [0.717, 1.165) is 43.8 Å². The van der Waals surface area contributed by atoms with Gasteiger partial charge in [0.05, 0.1) is 0 Å². The van der Waals surface area contributed by atoms with Gasteiger partial charge < -0.3 is 0 Å². The fourth-order valence-electron chi connectivity index (χ4n) is 3.71. The average Bonchev–Trinajstić information content (AvgIpc) is 3.04. The molecule has 0 spiro atoms. The van der Waals surface area contributed by atoms with Crippen LogP contribution in [0.5, 0.6) is 0 Å².